The summed E-state index contributed by atoms with van der Waals surface area (Å²) in [5, 5.41) is 0. The molecule has 0 spiro atoms. The van der Waals surface area contributed by atoms with Gasteiger partial charge in [-0.15, -0.1) is 22.7 Å². The van der Waals surface area contributed by atoms with Crippen molar-refractivity contribution < 1.29 is 18.9 Å². The van der Waals surface area contributed by atoms with E-state index < -0.39 is 0 Å². The van der Waals surface area contributed by atoms with Gasteiger partial charge in [0.15, 0.2) is 23.0 Å². The van der Waals surface area contributed by atoms with Crippen molar-refractivity contribution in [1.29, 1.82) is 0 Å². The quantitative estimate of drug-likeness (QED) is 0.450. The number of benzene rings is 1. The van der Waals surface area contributed by atoms with Gasteiger partial charge in [0.2, 0.25) is 0 Å². The Kier molecular flexibility index (Phi) is 4.04. The summed E-state index contributed by atoms with van der Waals surface area (Å²) in [6.45, 7) is 1.97. The average molecular weight is 436 g/mol. The third-order valence-electron chi connectivity index (χ3n) is 4.75. The van der Waals surface area contributed by atoms with Crippen molar-refractivity contribution in [2.75, 3.05) is 26.4 Å². The second-order valence-electron chi connectivity index (χ2n) is 6.42. The van der Waals surface area contributed by atoms with Crippen LogP contribution in [0.3, 0.4) is 0 Å². The van der Waals surface area contributed by atoms with Crippen molar-refractivity contribution in [2.45, 2.75) is 0 Å². The molecule has 0 saturated carbocycles. The molecule has 2 aliphatic rings. The number of rotatable bonds is 2. The van der Waals surface area contributed by atoms with Gasteiger partial charge in [-0.1, -0.05) is 12.1 Å². The van der Waals surface area contributed by atoms with E-state index in [9.17, 15) is 0 Å². The predicted molar refractivity (Wildman–Crippen MR) is 117 cm³/mol. The molecule has 3 aromatic heterocycles. The average Bonchev–Trinajstić information content (AvgIpc) is 3.45. The highest BCUT2D eigenvalue weighted by Gasteiger charge is 2.28. The van der Waals surface area contributed by atoms with Crippen molar-refractivity contribution in [2.24, 2.45) is 0 Å². The van der Waals surface area contributed by atoms with Crippen LogP contribution in [0.1, 0.15) is 0 Å². The highest BCUT2D eigenvalue weighted by molar-refractivity contribution is 7.24. The molecule has 0 saturated heterocycles. The molecule has 2 aliphatic heterocycles. The maximum Gasteiger partial charge on any atom is 0.179 e. The predicted octanol–water partition coefficient (Wildman–Crippen LogP) is 2.28. The second-order valence-corrected chi connectivity index (χ2v) is 9.06. The molecular weight excluding hydrogens is 426 g/mol. The molecule has 0 N–H and O–H groups in total. The number of fused-ring (bicyclic) bond motifs is 3. The molecule has 140 valence electrons. The summed E-state index contributed by atoms with van der Waals surface area (Å²) in [7, 11) is 12.3. The minimum atomic E-state index is 0.491. The van der Waals surface area contributed by atoms with Gasteiger partial charge in [-0.25, -0.2) is 0 Å². The van der Waals surface area contributed by atoms with E-state index in [1.807, 2.05) is 12.1 Å². The normalized spacial score (nSPS) is 15.0. The third-order valence-corrected chi connectivity index (χ3v) is 7.31. The van der Waals surface area contributed by atoms with Crippen molar-refractivity contribution >= 4 is 70.7 Å². The lowest BCUT2D eigenvalue weighted by molar-refractivity contribution is 0.175. The molecule has 1 aromatic carbocycles. The van der Waals surface area contributed by atoms with E-state index in [4.69, 9.17) is 34.6 Å². The summed E-state index contributed by atoms with van der Waals surface area (Å²) in [5.74, 6) is 2.58. The zero-order valence-electron chi connectivity index (χ0n) is 14.9. The number of ether oxygens (including phenoxy) is 4. The fourth-order valence-electron chi connectivity index (χ4n) is 3.53. The molecule has 6 rings (SSSR count). The first kappa shape index (κ1) is 17.6. The van der Waals surface area contributed by atoms with Gasteiger partial charge in [-0.2, -0.15) is 8.75 Å². The van der Waals surface area contributed by atoms with Gasteiger partial charge in [0.05, 0.1) is 21.5 Å². The van der Waals surface area contributed by atoms with Gasteiger partial charge in [0, 0.05) is 11.1 Å². The highest BCUT2D eigenvalue weighted by Crippen LogP contribution is 2.49. The summed E-state index contributed by atoms with van der Waals surface area (Å²) in [4.78, 5) is 1.79. The Morgan fingerprint density at radius 2 is 1.07 bits per heavy atom. The summed E-state index contributed by atoms with van der Waals surface area (Å²) in [6, 6.07) is 4.02. The molecule has 11 heteroatoms. The summed E-state index contributed by atoms with van der Waals surface area (Å²) in [5.41, 5.74) is 3.39. The standard InChI is InChI=1S/C18H10B2N2O4S3/c19-17-13-11(23-3-5-25-13)15(27-17)7-1-2-8(10-9(7)21-29-22-10)16-12-14(18(20)28-16)26-6-4-24-12/h1-2H,3-6H2. The van der Waals surface area contributed by atoms with Gasteiger partial charge in [0.1, 0.15) is 53.2 Å². The molecule has 29 heavy (non-hydrogen) atoms. The van der Waals surface area contributed by atoms with Gasteiger partial charge in [0.25, 0.3) is 0 Å². The van der Waals surface area contributed by atoms with E-state index in [-0.39, 0.29) is 0 Å². The molecule has 0 unspecified atom stereocenters. The lowest BCUT2D eigenvalue weighted by Crippen LogP contribution is -2.18. The van der Waals surface area contributed by atoms with E-state index >= 15 is 0 Å². The van der Waals surface area contributed by atoms with E-state index in [1.165, 1.54) is 22.7 Å². The Morgan fingerprint density at radius 3 is 1.52 bits per heavy atom. The molecular formula is C18H10B2N2O4S3. The number of hydrogen-bond donors (Lipinski definition) is 0. The molecule has 4 aromatic rings. The maximum absolute atomic E-state index is 6.16. The largest absolute Gasteiger partial charge is 0.486 e. The summed E-state index contributed by atoms with van der Waals surface area (Å²) in [6.07, 6.45) is 0. The van der Waals surface area contributed by atoms with Crippen molar-refractivity contribution in [3.8, 4) is 43.9 Å². The Bertz CT molecular complexity index is 1170. The molecule has 0 amide bonds. The van der Waals surface area contributed by atoms with Crippen molar-refractivity contribution in [3.63, 3.8) is 0 Å². The van der Waals surface area contributed by atoms with Crippen LogP contribution in [0.15, 0.2) is 12.1 Å². The van der Waals surface area contributed by atoms with Crippen LogP contribution < -0.4 is 28.5 Å². The maximum atomic E-state index is 6.16. The van der Waals surface area contributed by atoms with E-state index in [1.54, 1.807) is 0 Å². The molecule has 6 nitrogen and oxygen atoms in total. The Morgan fingerprint density at radius 1 is 0.655 bits per heavy atom. The van der Waals surface area contributed by atoms with Crippen LogP contribution in [0, 0.1) is 0 Å². The van der Waals surface area contributed by atoms with Gasteiger partial charge in [-0.05, 0) is 9.55 Å². The minimum Gasteiger partial charge on any atom is -0.486 e. The highest BCUT2D eigenvalue weighted by atomic mass is 32.1. The Balaban J connectivity index is 1.55. The van der Waals surface area contributed by atoms with Crippen LogP contribution in [-0.4, -0.2) is 50.9 Å². The molecule has 5 heterocycles. The lowest BCUT2D eigenvalue weighted by atomic mass is 10.0. The van der Waals surface area contributed by atoms with Crippen molar-refractivity contribution in [3.05, 3.63) is 12.1 Å². The first-order valence-corrected chi connectivity index (χ1v) is 11.2. The Labute approximate surface area is 180 Å². The molecule has 4 radical (unpaired) electrons. The van der Waals surface area contributed by atoms with E-state index in [0.717, 1.165) is 43.6 Å². The van der Waals surface area contributed by atoms with Crippen LogP contribution in [-0.2, 0) is 0 Å². The second kappa shape index (κ2) is 6.65. The zero-order chi connectivity index (χ0) is 19.5. The molecule has 0 fully saturated rings. The van der Waals surface area contributed by atoms with Crippen LogP contribution in [0.2, 0.25) is 0 Å². The van der Waals surface area contributed by atoms with Crippen LogP contribution in [0.5, 0.6) is 23.0 Å². The first-order valence-electron chi connectivity index (χ1n) is 8.84. The fourth-order valence-corrected chi connectivity index (χ4v) is 6.07. The molecule has 0 aliphatic carbocycles. The van der Waals surface area contributed by atoms with Gasteiger partial charge in [-0.3, -0.25) is 0 Å². The fraction of sp³-hybridized carbons (Fsp3) is 0.222. The number of nitrogens with zero attached hydrogens (tertiary/aromatic N) is 2. The first-order chi connectivity index (χ1) is 14.2. The van der Waals surface area contributed by atoms with Crippen LogP contribution in [0.25, 0.3) is 31.9 Å². The zero-order valence-corrected chi connectivity index (χ0v) is 17.3. The number of hydrogen-bond acceptors (Lipinski definition) is 9. The van der Waals surface area contributed by atoms with Crippen molar-refractivity contribution in [1.82, 2.24) is 8.75 Å². The Hall–Kier alpha value is -2.23. The molecule has 0 atom stereocenters. The smallest absolute Gasteiger partial charge is 0.179 e. The van der Waals surface area contributed by atoms with Crippen LogP contribution >= 0.6 is 34.4 Å². The SMILES string of the molecule is [B]c1sc(-c2ccc(-c3sc([B])c4c3OCCO4)c3nsnc23)c2c1OCCO2. The lowest BCUT2D eigenvalue weighted by Gasteiger charge is -2.18. The van der Waals surface area contributed by atoms with Crippen LogP contribution in [0.4, 0.5) is 0 Å². The topological polar surface area (TPSA) is 62.7 Å². The summed E-state index contributed by atoms with van der Waals surface area (Å²) >= 11 is 4.03. The van der Waals surface area contributed by atoms with E-state index in [0.29, 0.717) is 59.0 Å². The number of thiophene rings is 2. The number of aromatic nitrogens is 2. The van der Waals surface area contributed by atoms with Gasteiger partial charge >= 0.3 is 0 Å². The molecule has 0 bridgehead atoms. The minimum absolute atomic E-state index is 0.491. The van der Waals surface area contributed by atoms with E-state index in [2.05, 4.69) is 8.75 Å². The third kappa shape index (κ3) is 2.60. The summed E-state index contributed by atoms with van der Waals surface area (Å²) < 4.78 is 33.4. The monoisotopic (exact) mass is 436 g/mol. The van der Waals surface area contributed by atoms with Gasteiger partial charge < -0.3 is 18.9 Å².